The molecule has 1 amide bonds. The summed E-state index contributed by atoms with van der Waals surface area (Å²) < 4.78 is 5.15. The maximum Gasteiger partial charge on any atom is 0.270 e. The number of fused-ring (bicyclic) bond motifs is 1. The van der Waals surface area contributed by atoms with Crippen LogP contribution in [-0.2, 0) is 17.7 Å². The van der Waals surface area contributed by atoms with Crippen molar-refractivity contribution in [2.24, 2.45) is 5.92 Å². The number of aryl methyl sites for hydroxylation is 1. The van der Waals surface area contributed by atoms with E-state index >= 15 is 0 Å². The van der Waals surface area contributed by atoms with Crippen LogP contribution in [0.2, 0.25) is 0 Å². The molecule has 0 bridgehead atoms. The second kappa shape index (κ2) is 8.88. The highest BCUT2D eigenvalue weighted by molar-refractivity contribution is 5.92. The van der Waals surface area contributed by atoms with Gasteiger partial charge in [-0.2, -0.15) is 0 Å². The quantitative estimate of drug-likeness (QED) is 0.747. The van der Waals surface area contributed by atoms with Gasteiger partial charge in [-0.25, -0.2) is 9.97 Å². The first-order valence-electron chi connectivity index (χ1n) is 10.3. The molecule has 4 rings (SSSR count). The van der Waals surface area contributed by atoms with Crippen LogP contribution in [0.1, 0.15) is 34.1 Å². The third-order valence-corrected chi connectivity index (χ3v) is 5.52. The number of nitrogens with one attached hydrogen (secondary N) is 2. The molecule has 2 aromatic rings. The van der Waals surface area contributed by atoms with Gasteiger partial charge in [0, 0.05) is 32.2 Å². The second-order valence-electron chi connectivity index (χ2n) is 8.24. The highest BCUT2D eigenvalue weighted by Crippen LogP contribution is 2.21. The van der Waals surface area contributed by atoms with Crippen molar-refractivity contribution in [3.8, 4) is 0 Å². The van der Waals surface area contributed by atoms with Crippen LogP contribution in [-0.4, -0.2) is 59.7 Å². The molecule has 1 aromatic carbocycles. The van der Waals surface area contributed by atoms with E-state index in [0.29, 0.717) is 37.2 Å². The van der Waals surface area contributed by atoms with Gasteiger partial charge in [-0.1, -0.05) is 30.7 Å². The molecular formula is C22H29N5O2. The molecule has 1 aromatic heterocycles. The maximum atomic E-state index is 12.5. The van der Waals surface area contributed by atoms with Crippen LogP contribution in [0.5, 0.6) is 0 Å². The largest absolute Gasteiger partial charge is 0.377 e. The maximum absolute atomic E-state index is 12.5. The number of carbonyl (C=O) groups excluding carboxylic acids is 1. The Balaban J connectivity index is 1.25. The molecule has 0 spiro atoms. The summed E-state index contributed by atoms with van der Waals surface area (Å²) >= 11 is 0. The Bertz CT molecular complexity index is 868. The fourth-order valence-corrected chi connectivity index (χ4v) is 3.85. The molecule has 154 valence electrons. The van der Waals surface area contributed by atoms with E-state index in [0.717, 1.165) is 26.1 Å². The number of anilines is 1. The van der Waals surface area contributed by atoms with Gasteiger partial charge >= 0.3 is 0 Å². The number of amides is 1. The summed E-state index contributed by atoms with van der Waals surface area (Å²) in [4.78, 5) is 23.3. The monoisotopic (exact) mass is 395 g/mol. The van der Waals surface area contributed by atoms with E-state index in [1.54, 1.807) is 6.07 Å². The Morgan fingerprint density at radius 2 is 2.14 bits per heavy atom. The van der Waals surface area contributed by atoms with E-state index in [2.05, 4.69) is 57.5 Å². The Hall–Kier alpha value is -2.51. The van der Waals surface area contributed by atoms with Gasteiger partial charge in [-0.05, 0) is 30.4 Å². The van der Waals surface area contributed by atoms with Crippen LogP contribution in [0.4, 0.5) is 5.82 Å². The Kier molecular flexibility index (Phi) is 6.06. The smallest absolute Gasteiger partial charge is 0.270 e. The minimum atomic E-state index is -0.160. The topological polar surface area (TPSA) is 79.4 Å². The van der Waals surface area contributed by atoms with Crippen LogP contribution in [0.25, 0.3) is 0 Å². The Morgan fingerprint density at radius 3 is 2.93 bits per heavy atom. The van der Waals surface area contributed by atoms with Gasteiger partial charge in [0.25, 0.3) is 5.91 Å². The van der Waals surface area contributed by atoms with Gasteiger partial charge in [0.15, 0.2) is 0 Å². The van der Waals surface area contributed by atoms with Crippen molar-refractivity contribution in [3.63, 3.8) is 0 Å². The zero-order valence-corrected chi connectivity index (χ0v) is 17.1. The van der Waals surface area contributed by atoms with E-state index in [1.807, 2.05) is 0 Å². The number of nitrogens with zero attached hydrogens (tertiary/aromatic N) is 3. The fraction of sp³-hybridized carbons (Fsp3) is 0.500. The molecule has 3 heterocycles. The standard InChI is InChI=1S/C22H29N5O2/c1-15-3-4-17-5-6-27(11-18(17)7-15)10-16(2)9-23-22(28)20-8-21(25-14-24-20)26-19-12-29-13-19/h3-4,7-8,14,16,19H,5-6,9-13H2,1-2H3,(H,23,28)(H,24,25,26)/t16-/m0/s1. The molecule has 7 heteroatoms. The van der Waals surface area contributed by atoms with Crippen molar-refractivity contribution in [2.75, 3.05) is 38.2 Å². The molecule has 2 aliphatic heterocycles. The molecule has 1 atom stereocenters. The molecule has 1 fully saturated rings. The van der Waals surface area contributed by atoms with Crippen LogP contribution in [0.3, 0.4) is 0 Å². The van der Waals surface area contributed by atoms with Gasteiger partial charge in [0.2, 0.25) is 0 Å². The second-order valence-corrected chi connectivity index (χ2v) is 8.24. The summed E-state index contributed by atoms with van der Waals surface area (Å²) in [6, 6.07) is 8.71. The summed E-state index contributed by atoms with van der Waals surface area (Å²) in [5.74, 6) is 0.859. The first-order valence-corrected chi connectivity index (χ1v) is 10.3. The average molecular weight is 396 g/mol. The molecule has 29 heavy (non-hydrogen) atoms. The van der Waals surface area contributed by atoms with Crippen LogP contribution >= 0.6 is 0 Å². The first kappa shape index (κ1) is 19.8. The number of hydrogen-bond acceptors (Lipinski definition) is 6. The zero-order valence-electron chi connectivity index (χ0n) is 17.1. The molecule has 1 saturated heterocycles. The summed E-state index contributed by atoms with van der Waals surface area (Å²) in [5.41, 5.74) is 4.60. The van der Waals surface area contributed by atoms with Gasteiger partial charge in [0.1, 0.15) is 17.8 Å². The zero-order chi connectivity index (χ0) is 20.2. The van der Waals surface area contributed by atoms with Crippen molar-refractivity contribution in [1.29, 1.82) is 0 Å². The van der Waals surface area contributed by atoms with Gasteiger partial charge < -0.3 is 15.4 Å². The number of benzene rings is 1. The predicted molar refractivity (Wildman–Crippen MR) is 112 cm³/mol. The third-order valence-electron chi connectivity index (χ3n) is 5.52. The fourth-order valence-electron chi connectivity index (χ4n) is 3.85. The SMILES string of the molecule is Cc1ccc2c(c1)CN(C[C@@H](C)CNC(=O)c1cc(NC3COC3)ncn1)CC2. The molecule has 2 aliphatic rings. The van der Waals surface area contributed by atoms with Crippen LogP contribution in [0.15, 0.2) is 30.6 Å². The van der Waals surface area contributed by atoms with Gasteiger partial charge in [0.05, 0.1) is 19.3 Å². The number of aromatic nitrogens is 2. The van der Waals surface area contributed by atoms with E-state index in [4.69, 9.17) is 4.74 Å². The van der Waals surface area contributed by atoms with Gasteiger partial charge in [-0.15, -0.1) is 0 Å². The van der Waals surface area contributed by atoms with Crippen molar-refractivity contribution in [1.82, 2.24) is 20.2 Å². The third kappa shape index (κ3) is 5.10. The van der Waals surface area contributed by atoms with Crippen LogP contribution in [0, 0.1) is 12.8 Å². The highest BCUT2D eigenvalue weighted by Gasteiger charge is 2.20. The molecule has 0 aliphatic carbocycles. The Morgan fingerprint density at radius 1 is 1.28 bits per heavy atom. The minimum absolute atomic E-state index is 0.160. The summed E-state index contributed by atoms with van der Waals surface area (Å²) in [6.07, 6.45) is 2.52. The molecule has 2 N–H and O–H groups in total. The van der Waals surface area contributed by atoms with E-state index in [-0.39, 0.29) is 11.9 Å². The van der Waals surface area contributed by atoms with Crippen molar-refractivity contribution in [3.05, 3.63) is 53.0 Å². The predicted octanol–water partition coefficient (Wildman–Crippen LogP) is 2.02. The minimum Gasteiger partial charge on any atom is -0.377 e. The first-order chi connectivity index (χ1) is 14.1. The molecule has 0 radical (unpaired) electrons. The number of rotatable bonds is 7. The molecule has 0 saturated carbocycles. The summed E-state index contributed by atoms with van der Waals surface area (Å²) in [5, 5.41) is 6.26. The normalized spacial score (nSPS) is 17.9. The molecule has 0 unspecified atom stereocenters. The number of carbonyl (C=O) groups is 1. The lowest BCUT2D eigenvalue weighted by atomic mass is 9.97. The lowest BCUT2D eigenvalue weighted by Crippen LogP contribution is -2.40. The van der Waals surface area contributed by atoms with Crippen molar-refractivity contribution in [2.45, 2.75) is 32.9 Å². The van der Waals surface area contributed by atoms with E-state index in [9.17, 15) is 4.79 Å². The van der Waals surface area contributed by atoms with E-state index in [1.165, 1.54) is 23.0 Å². The van der Waals surface area contributed by atoms with Crippen LogP contribution < -0.4 is 10.6 Å². The average Bonchev–Trinajstić information content (AvgIpc) is 2.69. The highest BCUT2D eigenvalue weighted by atomic mass is 16.5. The lowest BCUT2D eigenvalue weighted by Gasteiger charge is -2.31. The van der Waals surface area contributed by atoms with Crippen molar-refractivity contribution >= 4 is 11.7 Å². The molecule has 7 nitrogen and oxygen atoms in total. The molecular weight excluding hydrogens is 366 g/mol. The number of ether oxygens (including phenoxy) is 1. The summed E-state index contributed by atoms with van der Waals surface area (Å²) in [7, 11) is 0. The Labute approximate surface area is 171 Å². The number of hydrogen-bond donors (Lipinski definition) is 2. The summed E-state index contributed by atoms with van der Waals surface area (Å²) in [6.45, 7) is 9.31. The van der Waals surface area contributed by atoms with E-state index < -0.39 is 0 Å². The van der Waals surface area contributed by atoms with Crippen molar-refractivity contribution < 1.29 is 9.53 Å². The van der Waals surface area contributed by atoms with Gasteiger partial charge in [-0.3, -0.25) is 9.69 Å². The lowest BCUT2D eigenvalue weighted by molar-refractivity contribution is 0.0209.